The minimum Gasteiger partial charge on any atom is -0.482 e. The number of nitrogens with zero attached hydrogens (tertiary/aromatic N) is 3. The number of ether oxygens (including phenoxy) is 1. The van der Waals surface area contributed by atoms with E-state index >= 15 is 0 Å². The molecule has 0 bridgehead atoms. The molecule has 0 aromatic carbocycles. The van der Waals surface area contributed by atoms with E-state index in [2.05, 4.69) is 18.8 Å². The van der Waals surface area contributed by atoms with Crippen molar-refractivity contribution in [2.24, 2.45) is 11.8 Å². The van der Waals surface area contributed by atoms with Crippen LogP contribution in [0.2, 0.25) is 0 Å². The largest absolute Gasteiger partial charge is 0.482 e. The molecule has 0 spiro atoms. The van der Waals surface area contributed by atoms with Crippen LogP contribution in [-0.4, -0.2) is 58.9 Å². The van der Waals surface area contributed by atoms with Gasteiger partial charge in [0.05, 0.1) is 12.2 Å². The normalized spacial score (nSPS) is 21.4. The molecule has 1 aliphatic carbocycles. The lowest BCUT2D eigenvalue weighted by Gasteiger charge is -2.34. The maximum absolute atomic E-state index is 12.6. The third-order valence-corrected chi connectivity index (χ3v) is 4.99. The summed E-state index contributed by atoms with van der Waals surface area (Å²) < 4.78 is 5.53. The highest BCUT2D eigenvalue weighted by Crippen LogP contribution is 2.32. The molecule has 2 fully saturated rings. The highest BCUT2D eigenvalue weighted by molar-refractivity contribution is 5.81. The van der Waals surface area contributed by atoms with Crippen LogP contribution in [0.1, 0.15) is 33.1 Å². The SMILES string of the molecule is CC(C)[C@@H]1CN(C(=O)COc2cccnc2)CCC(=O)N1CC1CC1. The molecular formula is C19H27N3O3. The third kappa shape index (κ3) is 4.71. The first-order valence-electron chi connectivity index (χ1n) is 9.14. The molecule has 1 atom stereocenters. The van der Waals surface area contributed by atoms with E-state index in [-0.39, 0.29) is 24.5 Å². The van der Waals surface area contributed by atoms with Gasteiger partial charge in [0.25, 0.3) is 5.91 Å². The van der Waals surface area contributed by atoms with Crippen LogP contribution < -0.4 is 4.74 Å². The van der Waals surface area contributed by atoms with Crippen LogP contribution in [0, 0.1) is 11.8 Å². The number of rotatable bonds is 6. The van der Waals surface area contributed by atoms with Crippen LogP contribution in [-0.2, 0) is 9.59 Å². The number of carbonyl (C=O) groups excluding carboxylic acids is 2. The van der Waals surface area contributed by atoms with Gasteiger partial charge in [-0.25, -0.2) is 0 Å². The van der Waals surface area contributed by atoms with Gasteiger partial charge in [0.15, 0.2) is 6.61 Å². The standard InChI is InChI=1S/C19H27N3O3/c1-14(2)17-12-21(9-7-18(23)22(17)11-15-5-6-15)19(24)13-25-16-4-3-8-20-10-16/h3-4,8,10,14-15,17H,5-7,9,11-13H2,1-2H3/t17-/m0/s1. The molecule has 1 aliphatic heterocycles. The average molecular weight is 345 g/mol. The number of hydrogen-bond acceptors (Lipinski definition) is 4. The van der Waals surface area contributed by atoms with Crippen LogP contribution in [0.4, 0.5) is 0 Å². The summed E-state index contributed by atoms with van der Waals surface area (Å²) in [5.41, 5.74) is 0. The van der Waals surface area contributed by atoms with Crippen molar-refractivity contribution in [3.8, 4) is 5.75 Å². The molecule has 1 saturated carbocycles. The summed E-state index contributed by atoms with van der Waals surface area (Å²) in [4.78, 5) is 33.0. The molecule has 136 valence electrons. The smallest absolute Gasteiger partial charge is 0.260 e. The molecule has 2 heterocycles. The van der Waals surface area contributed by atoms with Crippen molar-refractivity contribution in [3.05, 3.63) is 24.5 Å². The Kier molecular flexibility index (Phi) is 5.56. The van der Waals surface area contributed by atoms with Crippen LogP contribution >= 0.6 is 0 Å². The fourth-order valence-corrected chi connectivity index (χ4v) is 3.26. The van der Waals surface area contributed by atoms with E-state index in [1.807, 2.05) is 4.90 Å². The number of pyridine rings is 1. The monoisotopic (exact) mass is 345 g/mol. The van der Waals surface area contributed by atoms with Gasteiger partial charge in [0, 0.05) is 32.3 Å². The van der Waals surface area contributed by atoms with Gasteiger partial charge in [-0.05, 0) is 36.8 Å². The highest BCUT2D eigenvalue weighted by Gasteiger charge is 2.36. The summed E-state index contributed by atoms with van der Waals surface area (Å²) in [7, 11) is 0. The van der Waals surface area contributed by atoms with Crippen molar-refractivity contribution in [1.29, 1.82) is 0 Å². The van der Waals surface area contributed by atoms with Gasteiger partial charge in [-0.15, -0.1) is 0 Å². The van der Waals surface area contributed by atoms with E-state index < -0.39 is 0 Å². The van der Waals surface area contributed by atoms with Crippen molar-refractivity contribution in [2.45, 2.75) is 39.2 Å². The predicted molar refractivity (Wildman–Crippen MR) is 94.0 cm³/mol. The first-order chi connectivity index (χ1) is 12.0. The van der Waals surface area contributed by atoms with E-state index in [1.54, 1.807) is 29.4 Å². The van der Waals surface area contributed by atoms with Crippen molar-refractivity contribution in [3.63, 3.8) is 0 Å². The number of amides is 2. The van der Waals surface area contributed by atoms with Gasteiger partial charge in [-0.2, -0.15) is 0 Å². The summed E-state index contributed by atoms with van der Waals surface area (Å²) in [6.45, 7) is 6.13. The fourth-order valence-electron chi connectivity index (χ4n) is 3.26. The van der Waals surface area contributed by atoms with Gasteiger partial charge < -0.3 is 14.5 Å². The van der Waals surface area contributed by atoms with Crippen LogP contribution in [0.15, 0.2) is 24.5 Å². The van der Waals surface area contributed by atoms with E-state index in [0.29, 0.717) is 37.1 Å². The summed E-state index contributed by atoms with van der Waals surface area (Å²) in [6, 6.07) is 3.63. The molecule has 6 heteroatoms. The van der Waals surface area contributed by atoms with Crippen molar-refractivity contribution in [1.82, 2.24) is 14.8 Å². The second kappa shape index (κ2) is 7.85. The second-order valence-corrected chi connectivity index (χ2v) is 7.37. The highest BCUT2D eigenvalue weighted by atomic mass is 16.5. The Morgan fingerprint density at radius 3 is 2.84 bits per heavy atom. The van der Waals surface area contributed by atoms with Gasteiger partial charge in [0.2, 0.25) is 5.91 Å². The lowest BCUT2D eigenvalue weighted by atomic mass is 10.0. The van der Waals surface area contributed by atoms with Gasteiger partial charge in [-0.3, -0.25) is 14.6 Å². The topological polar surface area (TPSA) is 62.7 Å². The lowest BCUT2D eigenvalue weighted by Crippen LogP contribution is -2.48. The van der Waals surface area contributed by atoms with Crippen molar-refractivity contribution >= 4 is 11.8 Å². The molecule has 25 heavy (non-hydrogen) atoms. The molecule has 0 N–H and O–H groups in total. The molecule has 1 aromatic rings. The van der Waals surface area contributed by atoms with Gasteiger partial charge in [0.1, 0.15) is 5.75 Å². The molecule has 1 aromatic heterocycles. The van der Waals surface area contributed by atoms with Gasteiger partial charge >= 0.3 is 0 Å². The molecule has 1 saturated heterocycles. The molecular weight excluding hydrogens is 318 g/mol. The quantitative estimate of drug-likeness (QED) is 0.791. The number of hydrogen-bond donors (Lipinski definition) is 0. The zero-order valence-electron chi connectivity index (χ0n) is 15.1. The maximum atomic E-state index is 12.6. The second-order valence-electron chi connectivity index (χ2n) is 7.37. The summed E-state index contributed by atoms with van der Waals surface area (Å²) >= 11 is 0. The zero-order valence-corrected chi connectivity index (χ0v) is 15.1. The zero-order chi connectivity index (χ0) is 17.8. The van der Waals surface area contributed by atoms with Gasteiger partial charge in [-0.1, -0.05) is 13.8 Å². The van der Waals surface area contributed by atoms with Crippen molar-refractivity contribution in [2.75, 3.05) is 26.2 Å². The molecule has 2 aliphatic rings. The number of aromatic nitrogens is 1. The molecule has 0 unspecified atom stereocenters. The minimum absolute atomic E-state index is 0.0205. The van der Waals surface area contributed by atoms with Crippen LogP contribution in [0.25, 0.3) is 0 Å². The Balaban J connectivity index is 1.63. The molecule has 2 amide bonds. The third-order valence-electron chi connectivity index (χ3n) is 4.99. The van der Waals surface area contributed by atoms with Crippen molar-refractivity contribution < 1.29 is 14.3 Å². The lowest BCUT2D eigenvalue weighted by molar-refractivity contribution is -0.135. The Morgan fingerprint density at radius 2 is 2.20 bits per heavy atom. The number of carbonyl (C=O) groups is 2. The summed E-state index contributed by atoms with van der Waals surface area (Å²) in [6.07, 6.45) is 6.09. The average Bonchev–Trinajstić information content (AvgIpc) is 3.43. The summed E-state index contributed by atoms with van der Waals surface area (Å²) in [5.74, 6) is 1.65. The van der Waals surface area contributed by atoms with Crippen LogP contribution in [0.3, 0.4) is 0 Å². The maximum Gasteiger partial charge on any atom is 0.260 e. The molecule has 3 rings (SSSR count). The van der Waals surface area contributed by atoms with E-state index in [9.17, 15) is 9.59 Å². The Hall–Kier alpha value is -2.11. The van der Waals surface area contributed by atoms with E-state index in [1.165, 1.54) is 12.8 Å². The Morgan fingerprint density at radius 1 is 1.40 bits per heavy atom. The first-order valence-corrected chi connectivity index (χ1v) is 9.14. The minimum atomic E-state index is -0.0735. The summed E-state index contributed by atoms with van der Waals surface area (Å²) in [5, 5.41) is 0. The Bertz CT molecular complexity index is 601. The van der Waals surface area contributed by atoms with Crippen LogP contribution in [0.5, 0.6) is 5.75 Å². The Labute approximate surface area is 149 Å². The first kappa shape index (κ1) is 17.7. The fraction of sp³-hybridized carbons (Fsp3) is 0.632. The van der Waals surface area contributed by atoms with E-state index in [0.717, 1.165) is 6.54 Å². The molecule has 0 radical (unpaired) electrons. The molecule has 6 nitrogen and oxygen atoms in total. The van der Waals surface area contributed by atoms with E-state index in [4.69, 9.17) is 4.74 Å². The predicted octanol–water partition coefficient (Wildman–Crippen LogP) is 1.96.